The summed E-state index contributed by atoms with van der Waals surface area (Å²) in [5.41, 5.74) is -0.420. The van der Waals surface area contributed by atoms with Crippen molar-refractivity contribution in [1.29, 1.82) is 0 Å². The smallest absolute Gasteiger partial charge is 0.408 e. The van der Waals surface area contributed by atoms with Crippen LogP contribution >= 0.6 is 0 Å². The van der Waals surface area contributed by atoms with Crippen LogP contribution in [0.2, 0.25) is 0 Å². The van der Waals surface area contributed by atoms with Gasteiger partial charge in [-0.3, -0.25) is 9.36 Å². The second-order valence-corrected chi connectivity index (χ2v) is 9.51. The molecular formula is C21H20F3N3O5S. The van der Waals surface area contributed by atoms with E-state index in [2.05, 4.69) is 4.72 Å². The third kappa shape index (κ3) is 4.67. The fourth-order valence-electron chi connectivity index (χ4n) is 3.80. The molecule has 1 aliphatic rings. The summed E-state index contributed by atoms with van der Waals surface area (Å²) >= 11 is 0. The van der Waals surface area contributed by atoms with Gasteiger partial charge in [-0.15, -0.1) is 0 Å². The summed E-state index contributed by atoms with van der Waals surface area (Å²) in [4.78, 5) is 25.0. The first kappa shape index (κ1) is 23.1. The Morgan fingerprint density at radius 1 is 1.15 bits per heavy atom. The number of sulfonamides is 1. The first-order valence-corrected chi connectivity index (χ1v) is 11.5. The van der Waals surface area contributed by atoms with Gasteiger partial charge < -0.3 is 9.32 Å². The third-order valence-corrected chi connectivity index (χ3v) is 7.03. The maximum atomic E-state index is 13.2. The lowest BCUT2D eigenvalue weighted by Crippen LogP contribution is -2.38. The van der Waals surface area contributed by atoms with Crippen molar-refractivity contribution in [3.63, 3.8) is 0 Å². The minimum atomic E-state index is -4.61. The number of nitrogens with one attached hydrogen (secondary N) is 1. The maximum Gasteiger partial charge on any atom is 0.419 e. The average Bonchev–Trinajstić information content (AvgIpc) is 3.28. The number of alkyl halides is 3. The molecule has 1 N–H and O–H groups in total. The lowest BCUT2D eigenvalue weighted by atomic mass is 10.0. The highest BCUT2D eigenvalue weighted by Crippen LogP contribution is 2.32. The Balaban J connectivity index is 1.71. The zero-order chi connectivity index (χ0) is 24.0. The van der Waals surface area contributed by atoms with Gasteiger partial charge in [0.1, 0.15) is 0 Å². The van der Waals surface area contributed by atoms with Crippen LogP contribution in [0, 0.1) is 0 Å². The molecule has 1 saturated heterocycles. The number of fused-ring (bicyclic) bond motifs is 1. The molecule has 2 heterocycles. The first-order chi connectivity index (χ1) is 15.5. The number of aromatic nitrogens is 1. The molecule has 0 spiro atoms. The maximum absolute atomic E-state index is 13.2. The van der Waals surface area contributed by atoms with Crippen LogP contribution < -0.4 is 10.5 Å². The Morgan fingerprint density at radius 2 is 1.91 bits per heavy atom. The lowest BCUT2D eigenvalue weighted by Gasteiger charge is -2.25. The zero-order valence-electron chi connectivity index (χ0n) is 17.4. The van der Waals surface area contributed by atoms with Gasteiger partial charge in [-0.25, -0.2) is 17.9 Å². The molecule has 4 rings (SSSR count). The fourth-order valence-corrected chi connectivity index (χ4v) is 5.03. The van der Waals surface area contributed by atoms with Crippen molar-refractivity contribution in [2.75, 3.05) is 13.1 Å². The molecule has 1 amide bonds. The zero-order valence-corrected chi connectivity index (χ0v) is 18.2. The quantitative estimate of drug-likeness (QED) is 0.581. The van der Waals surface area contributed by atoms with E-state index in [9.17, 15) is 31.2 Å². The minimum absolute atomic E-state index is 0.0516. The number of aryl methyl sites for hydroxylation is 1. The number of carbonyl (C=O) groups excluding carboxylic acids is 1. The van der Waals surface area contributed by atoms with Gasteiger partial charge >= 0.3 is 11.9 Å². The third-order valence-electron chi connectivity index (χ3n) is 5.56. The van der Waals surface area contributed by atoms with Gasteiger partial charge in [-0.2, -0.15) is 13.2 Å². The van der Waals surface area contributed by atoms with Gasteiger partial charge in [0.25, 0.3) is 0 Å². The second kappa shape index (κ2) is 8.34. The van der Waals surface area contributed by atoms with Crippen LogP contribution in [0.1, 0.15) is 30.0 Å². The van der Waals surface area contributed by atoms with Crippen LogP contribution in [0.15, 0.2) is 56.6 Å². The van der Waals surface area contributed by atoms with Gasteiger partial charge in [0.2, 0.25) is 15.9 Å². The predicted molar refractivity (Wildman–Crippen MR) is 112 cm³/mol. The number of carbonyl (C=O) groups is 1. The topological polar surface area (TPSA) is 102 Å². The number of rotatable bonds is 6. The molecule has 0 bridgehead atoms. The van der Waals surface area contributed by atoms with E-state index in [1.54, 1.807) is 0 Å². The molecule has 1 aliphatic heterocycles. The van der Waals surface area contributed by atoms with Crippen molar-refractivity contribution in [1.82, 2.24) is 14.2 Å². The Morgan fingerprint density at radius 3 is 2.58 bits per heavy atom. The van der Waals surface area contributed by atoms with Crippen molar-refractivity contribution < 1.29 is 30.8 Å². The standard InChI is InChI=1S/C21H20F3N3O5S/c1-26-17-8-7-15(11-18(17)32-20(26)29)33(30,31)25-16(12-27-9-3-6-19(27)28)13-4-2-5-14(10-13)21(22,23)24/h2,4-5,7-8,10-11,16,25H,3,6,9,12H2,1H3. The van der Waals surface area contributed by atoms with E-state index in [0.29, 0.717) is 24.9 Å². The molecule has 8 nitrogen and oxygen atoms in total. The highest BCUT2D eigenvalue weighted by Gasteiger charge is 2.33. The number of oxazole rings is 1. The molecule has 33 heavy (non-hydrogen) atoms. The SMILES string of the molecule is Cn1c(=O)oc2cc(S(=O)(=O)NC(CN3CCCC3=O)c3cccc(C(F)(F)F)c3)ccc21. The van der Waals surface area contributed by atoms with Gasteiger partial charge in [0, 0.05) is 32.6 Å². The van der Waals surface area contributed by atoms with Crippen molar-refractivity contribution >= 4 is 27.0 Å². The molecule has 12 heteroatoms. The minimum Gasteiger partial charge on any atom is -0.408 e. The van der Waals surface area contributed by atoms with E-state index in [0.717, 1.165) is 12.1 Å². The summed E-state index contributed by atoms with van der Waals surface area (Å²) in [6.07, 6.45) is -3.73. The summed E-state index contributed by atoms with van der Waals surface area (Å²) in [5, 5.41) is 0. The number of benzene rings is 2. The summed E-state index contributed by atoms with van der Waals surface area (Å²) in [6, 6.07) is 7.04. The molecule has 1 unspecified atom stereocenters. The Bertz CT molecular complexity index is 1380. The van der Waals surface area contributed by atoms with Crippen molar-refractivity contribution in [3.8, 4) is 0 Å². The van der Waals surface area contributed by atoms with E-state index >= 15 is 0 Å². The lowest BCUT2D eigenvalue weighted by molar-refractivity contribution is -0.137. The molecule has 2 aromatic carbocycles. The number of amides is 1. The van der Waals surface area contributed by atoms with Crippen LogP contribution in [0.3, 0.4) is 0 Å². The van der Waals surface area contributed by atoms with E-state index in [4.69, 9.17) is 4.42 Å². The Labute approximate surface area is 186 Å². The van der Waals surface area contributed by atoms with Crippen LogP contribution in [0.5, 0.6) is 0 Å². The van der Waals surface area contributed by atoms with Crippen molar-refractivity contribution in [2.24, 2.45) is 7.05 Å². The van der Waals surface area contributed by atoms with E-state index < -0.39 is 33.6 Å². The highest BCUT2D eigenvalue weighted by atomic mass is 32.2. The summed E-state index contributed by atoms with van der Waals surface area (Å²) in [7, 11) is -2.78. The highest BCUT2D eigenvalue weighted by molar-refractivity contribution is 7.89. The number of hydrogen-bond acceptors (Lipinski definition) is 5. The molecule has 0 aliphatic carbocycles. The average molecular weight is 483 g/mol. The van der Waals surface area contributed by atoms with Crippen LogP contribution in [0.25, 0.3) is 11.1 Å². The molecule has 176 valence electrons. The van der Waals surface area contributed by atoms with Crippen LogP contribution in [-0.4, -0.2) is 36.9 Å². The summed E-state index contributed by atoms with van der Waals surface area (Å²) in [5.74, 6) is -0.861. The van der Waals surface area contributed by atoms with Crippen LogP contribution in [-0.2, 0) is 28.0 Å². The Kier molecular flexibility index (Phi) is 5.83. The predicted octanol–water partition coefficient (Wildman–Crippen LogP) is 2.79. The fraction of sp³-hybridized carbons (Fsp3) is 0.333. The van der Waals surface area contributed by atoms with Crippen molar-refractivity contribution in [3.05, 3.63) is 64.1 Å². The second-order valence-electron chi connectivity index (χ2n) is 7.80. The number of halogens is 3. The largest absolute Gasteiger partial charge is 0.419 e. The number of nitrogens with zero attached hydrogens (tertiary/aromatic N) is 2. The summed E-state index contributed by atoms with van der Waals surface area (Å²) in [6.45, 7) is 0.263. The number of hydrogen-bond donors (Lipinski definition) is 1. The number of likely N-dealkylation sites (tertiary alicyclic amines) is 1. The van der Waals surface area contributed by atoms with E-state index in [1.165, 1.54) is 46.8 Å². The van der Waals surface area contributed by atoms with Gasteiger partial charge in [0.15, 0.2) is 5.58 Å². The van der Waals surface area contributed by atoms with Gasteiger partial charge in [-0.05, 0) is 36.2 Å². The molecule has 1 atom stereocenters. The van der Waals surface area contributed by atoms with E-state index in [1.807, 2.05) is 0 Å². The van der Waals surface area contributed by atoms with Gasteiger partial charge in [0.05, 0.1) is 22.0 Å². The van der Waals surface area contributed by atoms with Crippen LogP contribution in [0.4, 0.5) is 13.2 Å². The molecule has 3 aromatic rings. The Hall–Kier alpha value is -3.12. The monoisotopic (exact) mass is 483 g/mol. The molecule has 1 fully saturated rings. The molecule has 0 radical (unpaired) electrons. The van der Waals surface area contributed by atoms with Gasteiger partial charge in [-0.1, -0.05) is 12.1 Å². The summed E-state index contributed by atoms with van der Waals surface area (Å²) < 4.78 is 74.6. The van der Waals surface area contributed by atoms with E-state index in [-0.39, 0.29) is 28.5 Å². The molecular weight excluding hydrogens is 463 g/mol. The first-order valence-electron chi connectivity index (χ1n) is 10.0. The normalized spacial score (nSPS) is 16.0. The molecule has 0 saturated carbocycles. The van der Waals surface area contributed by atoms with Crippen molar-refractivity contribution in [2.45, 2.75) is 30.0 Å². The molecule has 1 aromatic heterocycles.